The van der Waals surface area contributed by atoms with E-state index in [-0.39, 0.29) is 11.6 Å². The largest absolute Gasteiger partial charge is 0.394 e. The maximum atomic E-state index is 9.90. The Bertz CT molecular complexity index is 656. The minimum absolute atomic E-state index is 0.201. The molecule has 0 aromatic carbocycles. The number of aromatic nitrogens is 4. The number of hydrogen-bond acceptors (Lipinski definition) is 10. The first kappa shape index (κ1) is 13.8. The minimum atomic E-state index is -1.22. The Kier molecular flexibility index (Phi) is 3.51. The highest BCUT2D eigenvalue weighted by Gasteiger charge is 2.42. The molecule has 0 amide bonds. The van der Waals surface area contributed by atoms with Crippen molar-refractivity contribution in [3.8, 4) is 0 Å². The number of nitrogens with one attached hydrogen (secondary N) is 1. The predicted octanol–water partition coefficient (Wildman–Crippen LogP) is -2.15. The van der Waals surface area contributed by atoms with Gasteiger partial charge in [0.2, 0.25) is 0 Å². The number of nitrogens with zero attached hydrogens (tertiary/aromatic N) is 4. The van der Waals surface area contributed by atoms with Gasteiger partial charge in [-0.05, 0) is 0 Å². The topological polar surface area (TPSA) is 160 Å². The Morgan fingerprint density at radius 1 is 1.10 bits per heavy atom. The van der Waals surface area contributed by atoms with Gasteiger partial charge in [-0.1, -0.05) is 0 Å². The molecule has 1 aliphatic rings. The monoisotopic (exact) mass is 294 g/mol. The third-order valence-corrected chi connectivity index (χ3v) is 3.27. The van der Waals surface area contributed by atoms with E-state index in [1.165, 1.54) is 12.7 Å². The third kappa shape index (κ3) is 2.34. The molecule has 0 spiro atoms. The first-order valence-electron chi connectivity index (χ1n) is 6.22. The molecule has 6 N–H and O–H groups in total. The van der Waals surface area contributed by atoms with E-state index in [0.717, 1.165) is 0 Å². The summed E-state index contributed by atoms with van der Waals surface area (Å²) in [6, 6.07) is 0. The van der Waals surface area contributed by atoms with E-state index < -0.39 is 31.1 Å². The SMILES string of the molecule is Nc1ncnc2c(N[C@@H]3O[C@H](CO)[C@@H](O)[C@H]3O)ncnc12. The first-order valence-corrected chi connectivity index (χ1v) is 6.22. The van der Waals surface area contributed by atoms with Crippen molar-refractivity contribution in [1.29, 1.82) is 0 Å². The van der Waals surface area contributed by atoms with Gasteiger partial charge in [-0.15, -0.1) is 0 Å². The quantitative estimate of drug-likeness (QED) is 0.422. The number of rotatable bonds is 3. The summed E-state index contributed by atoms with van der Waals surface area (Å²) in [4.78, 5) is 15.9. The van der Waals surface area contributed by atoms with Crippen LogP contribution in [-0.4, -0.2) is 66.4 Å². The van der Waals surface area contributed by atoms with E-state index >= 15 is 0 Å². The van der Waals surface area contributed by atoms with Crippen molar-refractivity contribution < 1.29 is 20.1 Å². The summed E-state index contributed by atoms with van der Waals surface area (Å²) in [7, 11) is 0. The lowest BCUT2D eigenvalue weighted by Gasteiger charge is -2.17. The summed E-state index contributed by atoms with van der Waals surface area (Å²) < 4.78 is 5.32. The summed E-state index contributed by atoms with van der Waals surface area (Å²) in [6.45, 7) is -0.407. The average Bonchev–Trinajstić information content (AvgIpc) is 2.76. The molecule has 0 bridgehead atoms. The number of fused-ring (bicyclic) bond motifs is 1. The van der Waals surface area contributed by atoms with Crippen LogP contribution < -0.4 is 11.1 Å². The highest BCUT2D eigenvalue weighted by Crippen LogP contribution is 2.25. The Balaban J connectivity index is 1.91. The molecular weight excluding hydrogens is 280 g/mol. The summed E-state index contributed by atoms with van der Waals surface area (Å²) in [5.74, 6) is 0.482. The van der Waals surface area contributed by atoms with Crippen molar-refractivity contribution >= 4 is 22.7 Å². The average molecular weight is 294 g/mol. The van der Waals surface area contributed by atoms with Gasteiger partial charge in [-0.25, -0.2) is 19.9 Å². The van der Waals surface area contributed by atoms with Crippen molar-refractivity contribution in [1.82, 2.24) is 19.9 Å². The Morgan fingerprint density at radius 3 is 2.52 bits per heavy atom. The Labute approximate surface area is 118 Å². The highest BCUT2D eigenvalue weighted by atomic mass is 16.6. The van der Waals surface area contributed by atoms with Gasteiger partial charge in [0, 0.05) is 0 Å². The third-order valence-electron chi connectivity index (χ3n) is 3.27. The molecule has 4 atom stereocenters. The second-order valence-electron chi connectivity index (χ2n) is 4.58. The Hall–Kier alpha value is -2.14. The second-order valence-corrected chi connectivity index (χ2v) is 4.58. The maximum absolute atomic E-state index is 9.90. The van der Waals surface area contributed by atoms with Crippen LogP contribution in [0.4, 0.5) is 11.6 Å². The van der Waals surface area contributed by atoms with Gasteiger partial charge in [-0.2, -0.15) is 0 Å². The zero-order valence-electron chi connectivity index (χ0n) is 10.8. The smallest absolute Gasteiger partial charge is 0.158 e. The van der Waals surface area contributed by atoms with E-state index in [1.807, 2.05) is 0 Å². The zero-order valence-corrected chi connectivity index (χ0v) is 10.8. The van der Waals surface area contributed by atoms with Crippen LogP contribution in [0.25, 0.3) is 11.0 Å². The van der Waals surface area contributed by atoms with Gasteiger partial charge in [-0.3, -0.25) is 0 Å². The van der Waals surface area contributed by atoms with Crippen molar-refractivity contribution in [2.24, 2.45) is 0 Å². The zero-order chi connectivity index (χ0) is 15.0. The second kappa shape index (κ2) is 5.33. The van der Waals surface area contributed by atoms with Crippen molar-refractivity contribution in [3.05, 3.63) is 12.7 Å². The van der Waals surface area contributed by atoms with Gasteiger partial charge in [0.1, 0.15) is 42.0 Å². The predicted molar refractivity (Wildman–Crippen MR) is 70.9 cm³/mol. The lowest BCUT2D eigenvalue weighted by molar-refractivity contribution is -0.0153. The van der Waals surface area contributed by atoms with Gasteiger partial charge in [0.05, 0.1) is 6.61 Å². The number of hydrogen-bond donors (Lipinski definition) is 5. The van der Waals surface area contributed by atoms with Crippen molar-refractivity contribution in [3.63, 3.8) is 0 Å². The van der Waals surface area contributed by atoms with Crippen LogP contribution in [-0.2, 0) is 4.74 Å². The molecule has 0 unspecified atom stereocenters. The molecule has 0 aliphatic carbocycles. The molecule has 2 aromatic rings. The molecular formula is C11H14N6O4. The van der Waals surface area contributed by atoms with Crippen LogP contribution in [0.15, 0.2) is 12.7 Å². The molecule has 0 saturated carbocycles. The van der Waals surface area contributed by atoms with Crippen LogP contribution in [0.2, 0.25) is 0 Å². The number of nitrogens with two attached hydrogens (primary N) is 1. The molecule has 3 rings (SSSR count). The molecule has 10 heteroatoms. The van der Waals surface area contributed by atoms with Crippen LogP contribution in [0.3, 0.4) is 0 Å². The molecule has 0 radical (unpaired) electrons. The lowest BCUT2D eigenvalue weighted by atomic mass is 10.1. The summed E-state index contributed by atoms with van der Waals surface area (Å²) in [6.07, 6.45) is -1.68. The number of aliphatic hydroxyl groups is 3. The van der Waals surface area contributed by atoms with Gasteiger partial charge in [0.15, 0.2) is 17.9 Å². The van der Waals surface area contributed by atoms with E-state index in [1.54, 1.807) is 0 Å². The fourth-order valence-electron chi connectivity index (χ4n) is 2.16. The van der Waals surface area contributed by atoms with Crippen LogP contribution in [0.1, 0.15) is 0 Å². The molecule has 2 aromatic heterocycles. The molecule has 1 saturated heterocycles. The highest BCUT2D eigenvalue weighted by molar-refractivity contribution is 5.91. The summed E-state index contributed by atoms with van der Waals surface area (Å²) >= 11 is 0. The summed E-state index contributed by atoms with van der Waals surface area (Å²) in [5.41, 5.74) is 6.43. The number of ether oxygens (including phenoxy) is 1. The summed E-state index contributed by atoms with van der Waals surface area (Å²) in [5, 5.41) is 31.5. The van der Waals surface area contributed by atoms with Gasteiger partial charge < -0.3 is 31.1 Å². The molecule has 21 heavy (non-hydrogen) atoms. The fourth-order valence-corrected chi connectivity index (χ4v) is 2.16. The number of anilines is 2. The molecule has 1 fully saturated rings. The number of nitrogen functional groups attached to an aromatic ring is 1. The maximum Gasteiger partial charge on any atom is 0.158 e. The van der Waals surface area contributed by atoms with E-state index in [0.29, 0.717) is 11.0 Å². The van der Waals surface area contributed by atoms with Gasteiger partial charge in [0.25, 0.3) is 0 Å². The van der Waals surface area contributed by atoms with Crippen LogP contribution in [0.5, 0.6) is 0 Å². The first-order chi connectivity index (χ1) is 10.1. The van der Waals surface area contributed by atoms with Crippen molar-refractivity contribution in [2.75, 3.05) is 17.7 Å². The molecule has 112 valence electrons. The van der Waals surface area contributed by atoms with Crippen LogP contribution in [0, 0.1) is 0 Å². The van der Waals surface area contributed by atoms with E-state index in [2.05, 4.69) is 25.3 Å². The Morgan fingerprint density at radius 2 is 1.81 bits per heavy atom. The standard InChI is InChI=1S/C11H14N6O4/c12-9-5-6(14-2-15-9)10(16-3-13-5)17-11-8(20)7(19)4(1-18)21-11/h2-4,7-8,11,18-20H,1H2,(H2,12,14,15)(H,13,16,17)/t4-,7-,8-,11-/m1/s1. The van der Waals surface area contributed by atoms with E-state index in [4.69, 9.17) is 15.6 Å². The lowest BCUT2D eigenvalue weighted by Crippen LogP contribution is -2.36. The van der Waals surface area contributed by atoms with E-state index in [9.17, 15) is 10.2 Å². The normalized spacial score (nSPS) is 28.9. The minimum Gasteiger partial charge on any atom is -0.394 e. The van der Waals surface area contributed by atoms with Gasteiger partial charge >= 0.3 is 0 Å². The molecule has 1 aliphatic heterocycles. The number of aliphatic hydroxyl groups excluding tert-OH is 3. The molecule has 10 nitrogen and oxygen atoms in total. The van der Waals surface area contributed by atoms with Crippen molar-refractivity contribution in [2.45, 2.75) is 24.5 Å². The molecule has 3 heterocycles. The van der Waals surface area contributed by atoms with Crippen LogP contribution >= 0.6 is 0 Å². The fraction of sp³-hybridized carbons (Fsp3) is 0.455.